The Bertz CT molecular complexity index is 540. The van der Waals surface area contributed by atoms with Gasteiger partial charge in [-0.3, -0.25) is 9.59 Å². The van der Waals surface area contributed by atoms with Gasteiger partial charge in [-0.2, -0.15) is 0 Å². The Labute approximate surface area is 117 Å². The maximum atomic E-state index is 12.5. The van der Waals surface area contributed by atoms with Gasteiger partial charge in [-0.05, 0) is 39.0 Å². The first-order chi connectivity index (χ1) is 8.81. The number of ketones is 1. The highest BCUT2D eigenvalue weighted by atomic mass is 32.2. The zero-order chi connectivity index (χ0) is 14.2. The van der Waals surface area contributed by atoms with Crippen molar-refractivity contribution < 1.29 is 9.59 Å². The Hall–Kier alpha value is -1.49. The lowest BCUT2D eigenvalue weighted by atomic mass is 10.1. The molecule has 0 radical (unpaired) electrons. The summed E-state index contributed by atoms with van der Waals surface area (Å²) in [4.78, 5) is 26.3. The summed E-state index contributed by atoms with van der Waals surface area (Å²) in [5, 5.41) is 0. The second kappa shape index (κ2) is 4.89. The van der Waals surface area contributed by atoms with Gasteiger partial charge in [0.15, 0.2) is 0 Å². The van der Waals surface area contributed by atoms with E-state index in [1.807, 2.05) is 26.0 Å². The number of rotatable bonds is 3. The molecule has 0 aliphatic carbocycles. The predicted molar refractivity (Wildman–Crippen MR) is 78.4 cm³/mol. The van der Waals surface area contributed by atoms with Crippen LogP contribution in [0.5, 0.6) is 0 Å². The molecule has 1 aromatic rings. The normalized spacial score (nSPS) is 17.2. The van der Waals surface area contributed by atoms with Crippen molar-refractivity contribution in [2.75, 3.05) is 17.2 Å². The van der Waals surface area contributed by atoms with Crippen LogP contribution in [0.15, 0.2) is 23.1 Å². The molecule has 1 heterocycles. The van der Waals surface area contributed by atoms with E-state index in [0.29, 0.717) is 18.7 Å². The van der Waals surface area contributed by atoms with Crippen molar-refractivity contribution in [2.45, 2.75) is 36.8 Å². The van der Waals surface area contributed by atoms with E-state index in [9.17, 15) is 9.59 Å². The molecule has 0 spiro atoms. The number of anilines is 2. The van der Waals surface area contributed by atoms with E-state index in [2.05, 4.69) is 0 Å². The molecule has 0 saturated carbocycles. The molecule has 0 fully saturated rings. The first kappa shape index (κ1) is 13.9. The summed E-state index contributed by atoms with van der Waals surface area (Å²) < 4.78 is -0.530. The third kappa shape index (κ3) is 2.76. The summed E-state index contributed by atoms with van der Waals surface area (Å²) in [6.45, 7) is 5.76. The Balaban J connectivity index is 2.40. The molecule has 0 bridgehead atoms. The van der Waals surface area contributed by atoms with Crippen molar-refractivity contribution in [2.24, 2.45) is 0 Å². The van der Waals surface area contributed by atoms with Crippen molar-refractivity contribution in [3.8, 4) is 0 Å². The number of carbonyl (C=O) groups excluding carboxylic acids is 2. The number of fused-ring (bicyclic) bond motifs is 1. The number of hydrogen-bond donors (Lipinski definition) is 1. The van der Waals surface area contributed by atoms with Crippen LogP contribution in [0, 0.1) is 0 Å². The molecule has 0 aromatic heterocycles. The molecule has 0 unspecified atom stereocenters. The number of carbonyl (C=O) groups is 2. The Morgan fingerprint density at radius 3 is 2.74 bits per heavy atom. The van der Waals surface area contributed by atoms with Gasteiger partial charge in [0.05, 0.1) is 10.4 Å². The molecular formula is C14H18N2O2S. The molecule has 2 rings (SSSR count). The highest BCUT2D eigenvalue weighted by Gasteiger charge is 2.39. The van der Waals surface area contributed by atoms with Crippen molar-refractivity contribution in [1.29, 1.82) is 0 Å². The zero-order valence-electron chi connectivity index (χ0n) is 11.4. The quantitative estimate of drug-likeness (QED) is 0.863. The highest BCUT2D eigenvalue weighted by Crippen LogP contribution is 2.45. The van der Waals surface area contributed by atoms with Gasteiger partial charge in [0.2, 0.25) is 5.91 Å². The molecule has 19 heavy (non-hydrogen) atoms. The standard InChI is InChI=1S/C14H18N2O2S/c1-9(17)6-7-16-11-5-4-10(15)8-12(11)19-14(2,3)13(16)18/h4-5,8H,6-7,15H2,1-3H3. The van der Waals surface area contributed by atoms with Gasteiger partial charge in [0, 0.05) is 23.5 Å². The minimum Gasteiger partial charge on any atom is -0.399 e. The van der Waals surface area contributed by atoms with E-state index in [-0.39, 0.29) is 11.7 Å². The lowest BCUT2D eigenvalue weighted by Crippen LogP contribution is -2.47. The molecule has 1 aliphatic heterocycles. The van der Waals surface area contributed by atoms with Gasteiger partial charge >= 0.3 is 0 Å². The summed E-state index contributed by atoms with van der Waals surface area (Å²) in [7, 11) is 0. The number of amides is 1. The minimum absolute atomic E-state index is 0.0380. The Kier molecular flexibility index (Phi) is 3.58. The molecule has 0 atom stereocenters. The Morgan fingerprint density at radius 2 is 2.11 bits per heavy atom. The van der Waals surface area contributed by atoms with Crippen LogP contribution in [0.3, 0.4) is 0 Å². The fraction of sp³-hybridized carbons (Fsp3) is 0.429. The van der Waals surface area contributed by atoms with E-state index in [4.69, 9.17) is 5.73 Å². The van der Waals surface area contributed by atoms with E-state index in [1.165, 1.54) is 18.7 Å². The average molecular weight is 278 g/mol. The summed E-state index contributed by atoms with van der Waals surface area (Å²) in [5.74, 6) is 0.122. The first-order valence-electron chi connectivity index (χ1n) is 6.21. The van der Waals surface area contributed by atoms with Crippen LogP contribution < -0.4 is 10.6 Å². The number of benzene rings is 1. The predicted octanol–water partition coefficient (Wildman–Crippen LogP) is 2.47. The van der Waals surface area contributed by atoms with Crippen molar-refractivity contribution in [1.82, 2.24) is 0 Å². The molecule has 1 aromatic carbocycles. The number of nitrogen functional groups attached to an aromatic ring is 1. The van der Waals surface area contributed by atoms with Gasteiger partial charge < -0.3 is 10.6 Å². The monoisotopic (exact) mass is 278 g/mol. The van der Waals surface area contributed by atoms with Gasteiger partial charge in [-0.1, -0.05) is 0 Å². The van der Waals surface area contributed by atoms with Crippen LogP contribution >= 0.6 is 11.8 Å². The third-order valence-corrected chi connectivity index (χ3v) is 4.32. The largest absolute Gasteiger partial charge is 0.399 e. The summed E-state index contributed by atoms with van der Waals surface area (Å²) in [5.41, 5.74) is 7.34. The van der Waals surface area contributed by atoms with Gasteiger partial charge in [-0.25, -0.2) is 0 Å². The lowest BCUT2D eigenvalue weighted by Gasteiger charge is -2.38. The molecule has 4 nitrogen and oxygen atoms in total. The third-order valence-electron chi connectivity index (χ3n) is 3.09. The molecule has 1 amide bonds. The number of nitrogens with two attached hydrogens (primary N) is 1. The van der Waals surface area contributed by atoms with Crippen LogP contribution in [0.1, 0.15) is 27.2 Å². The van der Waals surface area contributed by atoms with E-state index in [0.717, 1.165) is 10.6 Å². The summed E-state index contributed by atoms with van der Waals surface area (Å²) in [6.07, 6.45) is 0.371. The first-order valence-corrected chi connectivity index (χ1v) is 7.03. The number of nitrogens with zero attached hydrogens (tertiary/aromatic N) is 1. The lowest BCUT2D eigenvalue weighted by molar-refractivity contribution is -0.120. The van der Waals surface area contributed by atoms with Crippen molar-refractivity contribution in [3.05, 3.63) is 18.2 Å². The van der Waals surface area contributed by atoms with Crippen LogP contribution in [-0.4, -0.2) is 23.0 Å². The fourth-order valence-corrected chi connectivity index (χ4v) is 3.30. The maximum absolute atomic E-state index is 12.5. The number of thioether (sulfide) groups is 1. The average Bonchev–Trinajstić information content (AvgIpc) is 2.29. The van der Waals surface area contributed by atoms with Crippen LogP contribution in [0.4, 0.5) is 11.4 Å². The molecule has 102 valence electrons. The molecule has 0 saturated heterocycles. The SMILES string of the molecule is CC(=O)CCN1C(=O)C(C)(C)Sc2cc(N)ccc21. The zero-order valence-corrected chi connectivity index (χ0v) is 12.2. The number of Topliss-reactive ketones (excluding diaryl/α,β-unsaturated/α-hetero) is 1. The fourth-order valence-electron chi connectivity index (χ4n) is 2.08. The molecule has 1 aliphatic rings. The number of hydrogen-bond acceptors (Lipinski definition) is 4. The molecule has 5 heteroatoms. The minimum atomic E-state index is -0.530. The van der Waals surface area contributed by atoms with Crippen LogP contribution in [0.2, 0.25) is 0 Å². The van der Waals surface area contributed by atoms with Crippen LogP contribution in [0.25, 0.3) is 0 Å². The Morgan fingerprint density at radius 1 is 1.42 bits per heavy atom. The molecular weight excluding hydrogens is 260 g/mol. The van der Waals surface area contributed by atoms with Crippen molar-refractivity contribution >= 4 is 34.8 Å². The summed E-state index contributed by atoms with van der Waals surface area (Å²) in [6, 6.07) is 5.52. The molecule has 2 N–H and O–H groups in total. The van der Waals surface area contributed by atoms with E-state index < -0.39 is 4.75 Å². The smallest absolute Gasteiger partial charge is 0.243 e. The second-order valence-corrected chi connectivity index (χ2v) is 6.91. The topological polar surface area (TPSA) is 63.4 Å². The second-order valence-electron chi connectivity index (χ2n) is 5.25. The van der Waals surface area contributed by atoms with E-state index in [1.54, 1.807) is 11.0 Å². The van der Waals surface area contributed by atoms with Gasteiger partial charge in [0.1, 0.15) is 5.78 Å². The maximum Gasteiger partial charge on any atom is 0.243 e. The van der Waals surface area contributed by atoms with Crippen LogP contribution in [-0.2, 0) is 9.59 Å². The van der Waals surface area contributed by atoms with Gasteiger partial charge in [-0.15, -0.1) is 11.8 Å². The van der Waals surface area contributed by atoms with Crippen molar-refractivity contribution in [3.63, 3.8) is 0 Å². The van der Waals surface area contributed by atoms with E-state index >= 15 is 0 Å². The summed E-state index contributed by atoms with van der Waals surface area (Å²) >= 11 is 1.52. The highest BCUT2D eigenvalue weighted by molar-refractivity contribution is 8.01. The van der Waals surface area contributed by atoms with Gasteiger partial charge in [0.25, 0.3) is 0 Å².